The van der Waals surface area contributed by atoms with E-state index in [0.29, 0.717) is 18.8 Å². The highest BCUT2D eigenvalue weighted by Crippen LogP contribution is 2.29. The quantitative estimate of drug-likeness (QED) is 0.935. The Morgan fingerprint density at radius 1 is 1.26 bits per heavy atom. The van der Waals surface area contributed by atoms with E-state index in [0.717, 1.165) is 18.5 Å². The minimum Gasteiger partial charge on any atom is -0.311 e. The fraction of sp³-hybridized carbons (Fsp3) is 0.412. The van der Waals surface area contributed by atoms with Crippen LogP contribution in [0, 0.1) is 12.7 Å². The van der Waals surface area contributed by atoms with Crippen LogP contribution < -0.4 is 11.2 Å². The van der Waals surface area contributed by atoms with E-state index in [4.69, 9.17) is 0 Å². The zero-order valence-corrected chi connectivity index (χ0v) is 13.3. The predicted molar refractivity (Wildman–Crippen MR) is 86.2 cm³/mol. The van der Waals surface area contributed by atoms with Gasteiger partial charge in [-0.1, -0.05) is 6.07 Å². The smallest absolute Gasteiger partial charge is 0.311 e. The molecule has 23 heavy (non-hydrogen) atoms. The number of nitrogens with zero attached hydrogens (tertiary/aromatic N) is 2. The van der Waals surface area contributed by atoms with E-state index in [1.54, 1.807) is 13.0 Å². The van der Waals surface area contributed by atoms with Gasteiger partial charge in [-0.05, 0) is 43.5 Å². The number of benzene rings is 1. The number of aromatic nitrogens is 2. The standard InChI is InChI=1S/C17H20FN3O2/c1-11-9-16(22)21(17(23)19-11)8-7-20-6-5-13-3-4-14(18)10-15(13)12(20)2/h3-4,9-10,12H,5-8H2,1-2H3,(H,19,23)/t12-/m1/s1. The van der Waals surface area contributed by atoms with Gasteiger partial charge in [0.2, 0.25) is 0 Å². The van der Waals surface area contributed by atoms with Gasteiger partial charge in [-0.15, -0.1) is 0 Å². The van der Waals surface area contributed by atoms with E-state index in [2.05, 4.69) is 9.88 Å². The van der Waals surface area contributed by atoms with Gasteiger partial charge in [0.15, 0.2) is 0 Å². The number of H-pyrrole nitrogens is 1. The highest BCUT2D eigenvalue weighted by Gasteiger charge is 2.24. The number of fused-ring (bicyclic) bond motifs is 1. The molecule has 2 heterocycles. The summed E-state index contributed by atoms with van der Waals surface area (Å²) in [4.78, 5) is 28.6. The lowest BCUT2D eigenvalue weighted by Gasteiger charge is -2.35. The third-order valence-electron chi connectivity index (χ3n) is 4.54. The molecule has 122 valence electrons. The summed E-state index contributed by atoms with van der Waals surface area (Å²) >= 11 is 0. The molecule has 3 rings (SSSR count). The van der Waals surface area contributed by atoms with Crippen LogP contribution in [0.4, 0.5) is 4.39 Å². The minimum absolute atomic E-state index is 0.0645. The summed E-state index contributed by atoms with van der Waals surface area (Å²) in [6.45, 7) is 5.44. The van der Waals surface area contributed by atoms with Crippen molar-refractivity contribution in [1.82, 2.24) is 14.5 Å². The van der Waals surface area contributed by atoms with E-state index in [-0.39, 0.29) is 23.1 Å². The normalized spacial score (nSPS) is 18.0. The van der Waals surface area contributed by atoms with Gasteiger partial charge in [0, 0.05) is 37.4 Å². The molecule has 1 N–H and O–H groups in total. The van der Waals surface area contributed by atoms with Gasteiger partial charge < -0.3 is 4.98 Å². The minimum atomic E-state index is -0.383. The highest BCUT2D eigenvalue weighted by atomic mass is 19.1. The average Bonchev–Trinajstić information content (AvgIpc) is 2.48. The zero-order chi connectivity index (χ0) is 16.6. The molecule has 1 aliphatic rings. The first-order chi connectivity index (χ1) is 11.0. The number of aryl methyl sites for hydroxylation is 1. The van der Waals surface area contributed by atoms with Crippen molar-refractivity contribution >= 4 is 0 Å². The number of hydrogen-bond acceptors (Lipinski definition) is 3. The Hall–Kier alpha value is -2.21. The van der Waals surface area contributed by atoms with Crippen LogP contribution in [0.15, 0.2) is 33.9 Å². The molecule has 1 aliphatic heterocycles. The van der Waals surface area contributed by atoms with Gasteiger partial charge >= 0.3 is 5.69 Å². The molecule has 0 radical (unpaired) electrons. The van der Waals surface area contributed by atoms with E-state index >= 15 is 0 Å². The first kappa shape index (κ1) is 15.7. The summed E-state index contributed by atoms with van der Waals surface area (Å²) in [5.74, 6) is -0.233. The van der Waals surface area contributed by atoms with Crippen molar-refractivity contribution in [3.63, 3.8) is 0 Å². The maximum atomic E-state index is 13.5. The second-order valence-corrected chi connectivity index (χ2v) is 6.05. The van der Waals surface area contributed by atoms with Crippen LogP contribution in [-0.4, -0.2) is 27.5 Å². The Bertz CT molecular complexity index is 809. The number of hydrogen-bond donors (Lipinski definition) is 1. The molecular weight excluding hydrogens is 297 g/mol. The molecule has 0 saturated carbocycles. The summed E-state index contributed by atoms with van der Waals surface area (Å²) in [7, 11) is 0. The molecule has 0 spiro atoms. The largest absolute Gasteiger partial charge is 0.328 e. The second-order valence-electron chi connectivity index (χ2n) is 6.05. The van der Waals surface area contributed by atoms with Gasteiger partial charge in [0.25, 0.3) is 5.56 Å². The average molecular weight is 317 g/mol. The van der Waals surface area contributed by atoms with E-state index < -0.39 is 0 Å². The molecule has 1 aromatic heterocycles. The number of aromatic amines is 1. The third-order valence-corrected chi connectivity index (χ3v) is 4.54. The molecule has 0 unspecified atom stereocenters. The summed E-state index contributed by atoms with van der Waals surface area (Å²) in [5, 5.41) is 0. The van der Waals surface area contributed by atoms with Crippen molar-refractivity contribution in [2.24, 2.45) is 0 Å². The first-order valence-electron chi connectivity index (χ1n) is 7.79. The van der Waals surface area contributed by atoms with Gasteiger partial charge in [-0.3, -0.25) is 14.3 Å². The van der Waals surface area contributed by atoms with E-state index in [1.807, 2.05) is 13.0 Å². The molecule has 5 nitrogen and oxygen atoms in total. The monoisotopic (exact) mass is 317 g/mol. The lowest BCUT2D eigenvalue weighted by Crippen LogP contribution is -2.41. The summed E-state index contributed by atoms with van der Waals surface area (Å²) in [5.41, 5.74) is 2.04. The van der Waals surface area contributed by atoms with Gasteiger partial charge in [-0.2, -0.15) is 0 Å². The van der Waals surface area contributed by atoms with Crippen LogP contribution in [0.25, 0.3) is 0 Å². The maximum absolute atomic E-state index is 13.5. The molecule has 0 amide bonds. The molecule has 0 aliphatic carbocycles. The second kappa shape index (κ2) is 6.12. The number of rotatable bonds is 3. The number of halogens is 1. The van der Waals surface area contributed by atoms with Gasteiger partial charge in [0.05, 0.1) is 0 Å². The van der Waals surface area contributed by atoms with Crippen molar-refractivity contribution in [3.05, 3.63) is 67.7 Å². The molecule has 6 heteroatoms. The summed E-state index contributed by atoms with van der Waals surface area (Å²) < 4.78 is 14.7. The van der Waals surface area contributed by atoms with Crippen molar-refractivity contribution in [1.29, 1.82) is 0 Å². The van der Waals surface area contributed by atoms with Crippen LogP contribution in [-0.2, 0) is 13.0 Å². The van der Waals surface area contributed by atoms with Gasteiger partial charge in [0.1, 0.15) is 5.82 Å². The Balaban J connectivity index is 1.78. The number of nitrogens with one attached hydrogen (secondary N) is 1. The molecule has 1 atom stereocenters. The van der Waals surface area contributed by atoms with Crippen LogP contribution >= 0.6 is 0 Å². The fourth-order valence-corrected chi connectivity index (χ4v) is 3.22. The maximum Gasteiger partial charge on any atom is 0.328 e. The fourth-order valence-electron chi connectivity index (χ4n) is 3.22. The van der Waals surface area contributed by atoms with E-state index in [1.165, 1.54) is 22.3 Å². The van der Waals surface area contributed by atoms with Crippen molar-refractivity contribution in [3.8, 4) is 0 Å². The Morgan fingerprint density at radius 3 is 2.78 bits per heavy atom. The molecular formula is C17H20FN3O2. The van der Waals surface area contributed by atoms with Crippen molar-refractivity contribution in [2.75, 3.05) is 13.1 Å². The van der Waals surface area contributed by atoms with Crippen LogP contribution in [0.3, 0.4) is 0 Å². The van der Waals surface area contributed by atoms with E-state index in [9.17, 15) is 14.0 Å². The van der Waals surface area contributed by atoms with Crippen LogP contribution in [0.2, 0.25) is 0 Å². The topological polar surface area (TPSA) is 58.1 Å². The molecule has 0 saturated heterocycles. The third kappa shape index (κ3) is 3.12. The van der Waals surface area contributed by atoms with Gasteiger partial charge in [-0.25, -0.2) is 9.18 Å². The van der Waals surface area contributed by atoms with Crippen molar-refractivity contribution in [2.45, 2.75) is 32.9 Å². The molecule has 0 fully saturated rings. The highest BCUT2D eigenvalue weighted by molar-refractivity contribution is 5.32. The summed E-state index contributed by atoms with van der Waals surface area (Å²) in [6.07, 6.45) is 0.846. The van der Waals surface area contributed by atoms with Crippen LogP contribution in [0.5, 0.6) is 0 Å². The SMILES string of the molecule is Cc1cc(=O)n(CCN2CCc3ccc(F)cc3[C@H]2C)c(=O)[nH]1. The predicted octanol–water partition coefficient (Wildman–Crippen LogP) is 1.60. The summed E-state index contributed by atoms with van der Waals surface area (Å²) in [6, 6.07) is 6.40. The Morgan fingerprint density at radius 2 is 2.04 bits per heavy atom. The molecule has 0 bridgehead atoms. The first-order valence-corrected chi connectivity index (χ1v) is 7.79. The zero-order valence-electron chi connectivity index (χ0n) is 13.3. The van der Waals surface area contributed by atoms with Crippen molar-refractivity contribution < 1.29 is 4.39 Å². The molecule has 1 aromatic carbocycles. The lowest BCUT2D eigenvalue weighted by atomic mass is 9.93. The Kier molecular flexibility index (Phi) is 4.17. The molecule has 2 aromatic rings. The Labute approximate surface area is 133 Å². The van der Waals surface area contributed by atoms with Crippen LogP contribution in [0.1, 0.15) is 29.8 Å². The lowest BCUT2D eigenvalue weighted by molar-refractivity contribution is 0.189.